The van der Waals surface area contributed by atoms with Crippen LogP contribution in [-0.4, -0.2) is 164 Å². The van der Waals surface area contributed by atoms with Gasteiger partial charge in [0.05, 0.1) is 12.8 Å². The average molecular weight is 407 g/mol. The molecule has 0 bridgehead atoms. The molecule has 22 heavy (non-hydrogen) atoms. The van der Waals surface area contributed by atoms with E-state index in [1.807, 2.05) is 0 Å². The number of aliphatic carboxylic acids is 3. The molecule has 0 aromatic rings. The number of rotatable bonds is 7. The number of carboxylic acids is 3. The molecule has 0 aliphatic carbocycles. The minimum atomic E-state index is -5.33. The van der Waals surface area contributed by atoms with Crippen LogP contribution >= 0.6 is 12.4 Å². The predicted octanol–water partition coefficient (Wildman–Crippen LogP) is -3.86. The van der Waals surface area contributed by atoms with Gasteiger partial charge in [0.1, 0.15) is 0 Å². The van der Waals surface area contributed by atoms with Gasteiger partial charge in [-0.1, -0.05) is 0 Å². The summed E-state index contributed by atoms with van der Waals surface area (Å²) in [6.07, 6.45) is -2.90. The van der Waals surface area contributed by atoms with Crippen LogP contribution in [0.5, 0.6) is 0 Å². The molecule has 0 aromatic heterocycles. The Labute approximate surface area is 214 Å². The molecule has 0 heterocycles. The van der Waals surface area contributed by atoms with Crippen LogP contribution in [0.15, 0.2) is 0 Å². The van der Waals surface area contributed by atoms with E-state index in [9.17, 15) is 22.8 Å². The summed E-state index contributed by atoms with van der Waals surface area (Å²) in [6, 6.07) is 0. The van der Waals surface area contributed by atoms with E-state index in [1.165, 1.54) is 0 Å². The van der Waals surface area contributed by atoms with Crippen molar-refractivity contribution in [2.75, 3.05) is 0 Å². The van der Waals surface area contributed by atoms with Crippen LogP contribution in [0.4, 0.5) is 0 Å². The molecule has 0 saturated carbocycles. The molecule has 0 spiro atoms. The minimum absolute atomic E-state index is 0. The first-order chi connectivity index (χ1) is 7.48. The fourth-order valence-corrected chi connectivity index (χ4v) is 1.59. The normalized spacial score (nSPS) is 9.32. The summed E-state index contributed by atoms with van der Waals surface area (Å²) in [6.45, 7) is 0. The number of hydrogen-bond donors (Lipinski definition) is 4. The zero-order valence-corrected chi connectivity index (χ0v) is 10.1. The Morgan fingerprint density at radius 1 is 0.909 bits per heavy atom. The summed E-state index contributed by atoms with van der Waals surface area (Å²) >= 11 is 0. The van der Waals surface area contributed by atoms with Gasteiger partial charge in [-0.25, -0.2) is 8.98 Å². The summed E-state index contributed by atoms with van der Waals surface area (Å²) in [5.41, 5.74) is -3.09. The topological polar surface area (TPSA) is 175 Å². The Morgan fingerprint density at radius 2 is 1.18 bits per heavy atom. The van der Waals surface area contributed by atoms with Crippen LogP contribution in [0.3, 0.4) is 0 Å². The van der Waals surface area contributed by atoms with E-state index in [2.05, 4.69) is 4.18 Å². The first kappa shape index (κ1) is 39.4. The molecule has 0 unspecified atom stereocenters. The Kier molecular flexibility index (Phi) is 30.1. The molecule has 0 atom stereocenters. The van der Waals surface area contributed by atoms with Crippen molar-refractivity contribution in [1.29, 1.82) is 0 Å². The summed E-state index contributed by atoms with van der Waals surface area (Å²) in [4.78, 5) is 31.5. The van der Waals surface area contributed by atoms with Gasteiger partial charge in [-0.05, 0) is 0 Å². The van der Waals surface area contributed by atoms with Gasteiger partial charge in [-0.3, -0.25) is 14.1 Å². The molecule has 0 radical (unpaired) electrons. The third-order valence-corrected chi connectivity index (χ3v) is 2.06. The van der Waals surface area contributed by atoms with Crippen LogP contribution in [0.25, 0.3) is 0 Å². The molecule has 4 N–H and O–H groups in total. The SMILES string of the molecule is Cl.O=C(O)CC(CC(=O)O)(OS(=O)(=O)O)C(=O)O.[MgH2].[NaH].[NaH].[NaH]. The van der Waals surface area contributed by atoms with Crippen LogP contribution in [0.1, 0.15) is 12.8 Å². The third kappa shape index (κ3) is 17.2. The van der Waals surface area contributed by atoms with Crippen LogP contribution in [0, 0.1) is 0 Å². The fraction of sp³-hybridized carbons (Fsp3) is 0.500. The molecule has 0 rings (SSSR count). The zero-order valence-electron chi connectivity index (χ0n) is 8.47. The van der Waals surface area contributed by atoms with E-state index in [0.717, 1.165) is 0 Å². The van der Waals surface area contributed by atoms with Gasteiger partial charge in [-0.2, -0.15) is 8.42 Å². The summed E-state index contributed by atoms with van der Waals surface area (Å²) < 4.78 is 32.8. The van der Waals surface area contributed by atoms with Gasteiger partial charge in [-0.15, -0.1) is 12.4 Å². The standard InChI is InChI=1S/C6H8O10S.ClH.Mg.3Na.5H/c7-3(8)1-6(5(11)12,2-4(9)10)16-17(13,14)15;;;;;;;;;;/h1-2H2,(H,7,8)(H,9,10)(H,11,12)(H,13,14,15);1H;;;;;;;;;. The summed E-state index contributed by atoms with van der Waals surface area (Å²) in [7, 11) is -5.33. The predicted molar refractivity (Wildman–Crippen MR) is 84.7 cm³/mol. The van der Waals surface area contributed by atoms with E-state index >= 15 is 0 Å². The van der Waals surface area contributed by atoms with Crippen molar-refractivity contribution in [2.45, 2.75) is 18.4 Å². The molecular formula is C6H14ClMgNa3O10S. The quantitative estimate of drug-likeness (QED) is 0.241. The second-order valence-corrected chi connectivity index (χ2v) is 3.97. The molecule has 0 aromatic carbocycles. The first-order valence-corrected chi connectivity index (χ1v) is 5.20. The monoisotopic (exact) mass is 406 g/mol. The van der Waals surface area contributed by atoms with Gasteiger partial charge in [0, 0.05) is 0 Å². The van der Waals surface area contributed by atoms with Gasteiger partial charge in [0.15, 0.2) is 0 Å². The molecule has 0 amide bonds. The van der Waals surface area contributed by atoms with E-state index in [1.54, 1.807) is 0 Å². The molecule has 0 fully saturated rings. The third-order valence-electron chi connectivity index (χ3n) is 1.53. The van der Waals surface area contributed by atoms with Crippen molar-refractivity contribution in [2.24, 2.45) is 0 Å². The van der Waals surface area contributed by atoms with Crippen molar-refractivity contribution in [1.82, 2.24) is 0 Å². The second kappa shape index (κ2) is 16.8. The Hall–Kier alpha value is 2.34. The first-order valence-electron chi connectivity index (χ1n) is 3.83. The number of carboxylic acid groups (broad SMARTS) is 3. The maximum atomic E-state index is 10.7. The van der Waals surface area contributed by atoms with Gasteiger partial charge in [0.2, 0.25) is 5.60 Å². The molecule has 0 aliphatic rings. The maximum absolute atomic E-state index is 10.7. The van der Waals surface area contributed by atoms with Crippen molar-refractivity contribution in [3.8, 4) is 0 Å². The van der Waals surface area contributed by atoms with Crippen molar-refractivity contribution >= 4 is 152 Å². The van der Waals surface area contributed by atoms with Crippen molar-refractivity contribution in [3.63, 3.8) is 0 Å². The number of carbonyl (C=O) groups is 3. The van der Waals surface area contributed by atoms with E-state index < -0.39 is 46.7 Å². The Bertz CT molecular complexity index is 442. The second-order valence-electron chi connectivity index (χ2n) is 2.95. The van der Waals surface area contributed by atoms with Crippen LogP contribution in [-0.2, 0) is 29.0 Å². The van der Waals surface area contributed by atoms with Crippen molar-refractivity contribution < 1.29 is 46.9 Å². The van der Waals surface area contributed by atoms with E-state index in [-0.39, 0.29) is 124 Å². The number of halogens is 1. The Balaban J connectivity index is -0.000000128. The fourth-order valence-electron chi connectivity index (χ4n) is 0.998. The van der Waals surface area contributed by atoms with Crippen LogP contribution in [0.2, 0.25) is 0 Å². The van der Waals surface area contributed by atoms with Gasteiger partial charge in [0.25, 0.3) is 0 Å². The van der Waals surface area contributed by atoms with E-state index in [0.29, 0.717) is 0 Å². The molecule has 16 heteroatoms. The molecule has 0 saturated heterocycles. The molecule has 10 nitrogen and oxygen atoms in total. The van der Waals surface area contributed by atoms with Crippen LogP contribution < -0.4 is 0 Å². The number of hydrogen-bond acceptors (Lipinski definition) is 6. The average Bonchev–Trinajstić information content (AvgIpc) is 1.96. The summed E-state index contributed by atoms with van der Waals surface area (Å²) in [5, 5.41) is 25.4. The summed E-state index contributed by atoms with van der Waals surface area (Å²) in [5.74, 6) is -5.76. The zero-order chi connectivity index (χ0) is 13.9. The van der Waals surface area contributed by atoms with E-state index in [4.69, 9.17) is 19.9 Å². The van der Waals surface area contributed by atoms with Gasteiger partial charge >= 0.3 is 140 Å². The molecular weight excluding hydrogens is 393 g/mol. The molecule has 0 aliphatic heterocycles. The molecule has 116 valence electrons. The van der Waals surface area contributed by atoms with Gasteiger partial charge < -0.3 is 15.3 Å². The Morgan fingerprint density at radius 3 is 1.32 bits per heavy atom. The van der Waals surface area contributed by atoms with Crippen molar-refractivity contribution in [3.05, 3.63) is 0 Å².